The molecule has 0 saturated carbocycles. The number of ether oxygens (including phenoxy) is 1. The van der Waals surface area contributed by atoms with Gasteiger partial charge in [-0.3, -0.25) is 4.18 Å². The number of hydrogen-bond donors (Lipinski definition) is 0. The van der Waals surface area contributed by atoms with Crippen molar-refractivity contribution >= 4 is 10.1 Å². The van der Waals surface area contributed by atoms with E-state index in [2.05, 4.69) is 8.92 Å². The summed E-state index contributed by atoms with van der Waals surface area (Å²) in [6, 6.07) is 0. The highest BCUT2D eigenvalue weighted by molar-refractivity contribution is 7.87. The lowest BCUT2D eigenvalue weighted by Crippen LogP contribution is -2.35. The Morgan fingerprint density at radius 3 is 2.23 bits per heavy atom. The first-order chi connectivity index (χ1) is 5.83. The van der Waals surface area contributed by atoms with Crippen LogP contribution in [0, 0.1) is 5.92 Å². The predicted octanol–water partition coefficient (Wildman–Crippen LogP) is 0.499. The minimum Gasteiger partial charge on any atom is -0.381 e. The fraction of sp³-hybridized carbons (Fsp3) is 1.00. The minimum absolute atomic E-state index is 0.243. The van der Waals surface area contributed by atoms with Gasteiger partial charge in [-0.2, -0.15) is 21.6 Å². The molecule has 1 fully saturated rings. The van der Waals surface area contributed by atoms with Crippen LogP contribution in [0.4, 0.5) is 13.2 Å². The van der Waals surface area contributed by atoms with Gasteiger partial charge in [0.15, 0.2) is 0 Å². The van der Waals surface area contributed by atoms with E-state index in [1.165, 1.54) is 0 Å². The Hall–Kier alpha value is -0.340. The van der Waals surface area contributed by atoms with E-state index in [4.69, 9.17) is 0 Å². The van der Waals surface area contributed by atoms with Crippen LogP contribution in [0.15, 0.2) is 0 Å². The van der Waals surface area contributed by atoms with Gasteiger partial charge >= 0.3 is 15.6 Å². The summed E-state index contributed by atoms with van der Waals surface area (Å²) < 4.78 is 64.0. The quantitative estimate of drug-likeness (QED) is 0.513. The summed E-state index contributed by atoms with van der Waals surface area (Å²) in [4.78, 5) is 0. The largest absolute Gasteiger partial charge is 0.523 e. The van der Waals surface area contributed by atoms with Gasteiger partial charge in [-0.05, 0) is 0 Å². The van der Waals surface area contributed by atoms with Crippen LogP contribution in [0.1, 0.15) is 0 Å². The molecule has 0 radical (unpaired) electrons. The highest BCUT2D eigenvalue weighted by atomic mass is 32.2. The van der Waals surface area contributed by atoms with E-state index in [-0.39, 0.29) is 19.1 Å². The third-order valence-corrected chi connectivity index (χ3v) is 2.46. The number of hydrogen-bond acceptors (Lipinski definition) is 4. The van der Waals surface area contributed by atoms with Gasteiger partial charge in [-0.15, -0.1) is 0 Å². The fourth-order valence-electron chi connectivity index (χ4n) is 0.633. The Bertz CT molecular complexity index is 266. The standard InChI is InChI=1S/C5H7F3O4S/c6-5(7,8)13(9,10)12-3-4-1-11-2-4/h4H,1-3H2. The highest BCUT2D eigenvalue weighted by Crippen LogP contribution is 2.25. The summed E-state index contributed by atoms with van der Waals surface area (Å²) in [5.41, 5.74) is -5.34. The fourth-order valence-corrected chi connectivity index (χ4v) is 1.14. The van der Waals surface area contributed by atoms with Crippen molar-refractivity contribution in [3.8, 4) is 0 Å². The molecule has 0 aromatic rings. The van der Waals surface area contributed by atoms with Crippen molar-refractivity contribution in [1.82, 2.24) is 0 Å². The Morgan fingerprint density at radius 1 is 1.38 bits per heavy atom. The average Bonchev–Trinajstić information content (AvgIpc) is 1.80. The topological polar surface area (TPSA) is 52.6 Å². The molecule has 0 N–H and O–H groups in total. The average molecular weight is 220 g/mol. The van der Waals surface area contributed by atoms with Crippen LogP contribution >= 0.6 is 0 Å². The van der Waals surface area contributed by atoms with E-state index in [1.54, 1.807) is 0 Å². The molecule has 0 aliphatic carbocycles. The maximum absolute atomic E-state index is 11.7. The minimum atomic E-state index is -5.42. The number of halogens is 3. The molecule has 78 valence electrons. The molecule has 1 rings (SSSR count). The summed E-state index contributed by atoms with van der Waals surface area (Å²) in [6.07, 6.45) is 0. The molecule has 1 aliphatic rings. The number of alkyl halides is 3. The first kappa shape index (κ1) is 10.7. The zero-order valence-corrected chi connectivity index (χ0v) is 7.19. The molecule has 0 aromatic carbocycles. The molecule has 4 nitrogen and oxygen atoms in total. The first-order valence-electron chi connectivity index (χ1n) is 3.36. The van der Waals surface area contributed by atoms with Crippen molar-refractivity contribution in [1.29, 1.82) is 0 Å². The molecule has 8 heteroatoms. The van der Waals surface area contributed by atoms with E-state index in [1.807, 2.05) is 0 Å². The first-order valence-corrected chi connectivity index (χ1v) is 4.77. The molecule has 1 aliphatic heterocycles. The normalized spacial score (nSPS) is 19.9. The zero-order valence-electron chi connectivity index (χ0n) is 6.37. The van der Waals surface area contributed by atoms with Crippen LogP contribution in [0.25, 0.3) is 0 Å². The maximum Gasteiger partial charge on any atom is 0.523 e. The highest BCUT2D eigenvalue weighted by Gasteiger charge is 2.47. The van der Waals surface area contributed by atoms with Crippen molar-refractivity contribution in [3.63, 3.8) is 0 Å². The van der Waals surface area contributed by atoms with Gasteiger partial charge in [0.2, 0.25) is 0 Å². The van der Waals surface area contributed by atoms with E-state index >= 15 is 0 Å². The predicted molar refractivity (Wildman–Crippen MR) is 35.2 cm³/mol. The summed E-state index contributed by atoms with van der Waals surface area (Å²) in [7, 11) is -5.42. The van der Waals surface area contributed by atoms with E-state index in [0.717, 1.165) is 0 Å². The molecular formula is C5H7F3O4S. The third-order valence-electron chi connectivity index (χ3n) is 1.45. The van der Waals surface area contributed by atoms with Crippen molar-refractivity contribution in [2.24, 2.45) is 5.92 Å². The van der Waals surface area contributed by atoms with Gasteiger partial charge in [-0.25, -0.2) is 0 Å². The molecular weight excluding hydrogens is 213 g/mol. The number of rotatable bonds is 3. The van der Waals surface area contributed by atoms with Crippen molar-refractivity contribution in [2.75, 3.05) is 19.8 Å². The van der Waals surface area contributed by atoms with Crippen LogP contribution < -0.4 is 0 Å². The van der Waals surface area contributed by atoms with Crippen LogP contribution in [0.5, 0.6) is 0 Å². The van der Waals surface area contributed by atoms with Crippen LogP contribution in [0.2, 0.25) is 0 Å². The molecule has 0 bridgehead atoms. The Kier molecular flexibility index (Phi) is 2.83. The van der Waals surface area contributed by atoms with Crippen molar-refractivity contribution < 1.29 is 30.5 Å². The summed E-state index contributed by atoms with van der Waals surface area (Å²) in [5.74, 6) is -0.253. The Labute approximate surface area is 72.8 Å². The van der Waals surface area contributed by atoms with Crippen LogP contribution in [-0.4, -0.2) is 33.7 Å². The van der Waals surface area contributed by atoms with Crippen molar-refractivity contribution in [2.45, 2.75) is 5.51 Å². The van der Waals surface area contributed by atoms with Gasteiger partial charge in [0.25, 0.3) is 0 Å². The second-order valence-corrected chi connectivity index (χ2v) is 4.19. The second kappa shape index (κ2) is 3.43. The maximum atomic E-state index is 11.7. The molecule has 1 heterocycles. The summed E-state index contributed by atoms with van der Waals surface area (Å²) >= 11 is 0. The van der Waals surface area contributed by atoms with E-state index in [0.29, 0.717) is 0 Å². The molecule has 0 aromatic heterocycles. The Morgan fingerprint density at radius 2 is 1.92 bits per heavy atom. The molecule has 0 atom stereocenters. The Balaban J connectivity index is 2.42. The van der Waals surface area contributed by atoms with Gasteiger partial charge in [0, 0.05) is 5.92 Å². The van der Waals surface area contributed by atoms with Gasteiger partial charge in [0.05, 0.1) is 19.8 Å². The molecule has 13 heavy (non-hydrogen) atoms. The van der Waals surface area contributed by atoms with Crippen molar-refractivity contribution in [3.05, 3.63) is 0 Å². The summed E-state index contributed by atoms with van der Waals surface area (Å²) in [5, 5.41) is 0. The monoisotopic (exact) mass is 220 g/mol. The lowest BCUT2D eigenvalue weighted by molar-refractivity contribution is -0.0706. The van der Waals surface area contributed by atoms with E-state index < -0.39 is 22.2 Å². The molecule has 1 saturated heterocycles. The van der Waals surface area contributed by atoms with E-state index in [9.17, 15) is 21.6 Å². The molecule has 0 amide bonds. The second-order valence-electron chi connectivity index (χ2n) is 2.59. The van der Waals surface area contributed by atoms with Crippen LogP contribution in [0.3, 0.4) is 0 Å². The smallest absolute Gasteiger partial charge is 0.381 e. The van der Waals surface area contributed by atoms with Gasteiger partial charge in [0.1, 0.15) is 0 Å². The zero-order chi connectivity index (χ0) is 10.1. The van der Waals surface area contributed by atoms with Gasteiger partial charge in [-0.1, -0.05) is 0 Å². The van der Waals surface area contributed by atoms with Gasteiger partial charge < -0.3 is 4.74 Å². The van der Waals surface area contributed by atoms with Crippen LogP contribution in [-0.2, 0) is 19.0 Å². The SMILES string of the molecule is O=S(=O)(OCC1COC1)C(F)(F)F. The molecule has 0 spiro atoms. The lowest BCUT2D eigenvalue weighted by atomic mass is 10.1. The lowest BCUT2D eigenvalue weighted by Gasteiger charge is -2.25. The third kappa shape index (κ3) is 2.55. The molecule has 0 unspecified atom stereocenters. The summed E-state index contributed by atoms with van der Waals surface area (Å²) in [6.45, 7) is 0.0165.